The van der Waals surface area contributed by atoms with E-state index in [2.05, 4.69) is 5.32 Å². The van der Waals surface area contributed by atoms with E-state index in [-0.39, 0.29) is 11.8 Å². The topological polar surface area (TPSA) is 69.6 Å². The van der Waals surface area contributed by atoms with E-state index in [1.165, 1.54) is 0 Å². The van der Waals surface area contributed by atoms with Gasteiger partial charge in [-0.05, 0) is 37.9 Å². The highest BCUT2D eigenvalue weighted by Gasteiger charge is 2.32. The van der Waals surface area contributed by atoms with Crippen molar-refractivity contribution in [1.29, 1.82) is 0 Å². The fraction of sp³-hybridized carbons (Fsp3) is 0.500. The third-order valence-electron chi connectivity index (χ3n) is 3.98. The zero-order chi connectivity index (χ0) is 15.2. The normalized spacial score (nSPS) is 20.7. The van der Waals surface area contributed by atoms with Gasteiger partial charge in [0.25, 0.3) is 0 Å². The summed E-state index contributed by atoms with van der Waals surface area (Å²) in [4.78, 5) is 25.5. The maximum atomic E-state index is 12.3. The van der Waals surface area contributed by atoms with Crippen LogP contribution in [0.15, 0.2) is 30.3 Å². The molecule has 0 spiro atoms. The summed E-state index contributed by atoms with van der Waals surface area (Å²) in [5, 5.41) is 12.1. The van der Waals surface area contributed by atoms with Crippen molar-refractivity contribution in [2.24, 2.45) is 5.92 Å². The molecule has 0 saturated carbocycles. The van der Waals surface area contributed by atoms with Gasteiger partial charge in [0.05, 0.1) is 5.92 Å². The Kier molecular flexibility index (Phi) is 5.33. The van der Waals surface area contributed by atoms with Gasteiger partial charge in [-0.1, -0.05) is 25.1 Å². The van der Waals surface area contributed by atoms with Crippen LogP contribution in [-0.2, 0) is 9.59 Å². The average Bonchev–Trinajstić information content (AvgIpc) is 2.49. The molecule has 2 rings (SSSR count). The Bertz CT molecular complexity index is 490. The first-order valence-corrected chi connectivity index (χ1v) is 7.44. The van der Waals surface area contributed by atoms with Gasteiger partial charge >= 0.3 is 5.97 Å². The summed E-state index contributed by atoms with van der Waals surface area (Å²) in [5.74, 6) is -0.972. The molecule has 1 aromatic rings. The zero-order valence-electron chi connectivity index (χ0n) is 12.3. The highest BCUT2D eigenvalue weighted by atomic mass is 16.4. The van der Waals surface area contributed by atoms with E-state index in [0.717, 1.165) is 25.1 Å². The lowest BCUT2D eigenvalue weighted by Gasteiger charge is -2.35. The van der Waals surface area contributed by atoms with Crippen molar-refractivity contribution in [3.8, 4) is 0 Å². The van der Waals surface area contributed by atoms with Gasteiger partial charge in [-0.25, -0.2) is 0 Å². The molecule has 1 amide bonds. The summed E-state index contributed by atoms with van der Waals surface area (Å²) in [5.41, 5.74) is 0.782. The number of carbonyl (C=O) groups excluding carboxylic acids is 1. The standard InChI is InChI=1S/C16H22N2O3/c1-2-14(16(20)21)18-10-6-7-12(11-18)15(19)17-13-8-4-3-5-9-13/h3-5,8-9,12,14H,2,6-7,10-11H2,1H3,(H,17,19)(H,20,21)/t12-,14-/m1/s1. The molecule has 114 valence electrons. The number of carboxylic acids is 1. The summed E-state index contributed by atoms with van der Waals surface area (Å²) >= 11 is 0. The minimum absolute atomic E-state index is 0.0221. The summed E-state index contributed by atoms with van der Waals surface area (Å²) in [7, 11) is 0. The highest BCUT2D eigenvalue weighted by molar-refractivity contribution is 5.92. The molecule has 0 aliphatic carbocycles. The van der Waals surface area contributed by atoms with E-state index in [9.17, 15) is 14.7 Å². The molecule has 1 saturated heterocycles. The second-order valence-corrected chi connectivity index (χ2v) is 5.45. The van der Waals surface area contributed by atoms with Crippen LogP contribution in [0.25, 0.3) is 0 Å². The quantitative estimate of drug-likeness (QED) is 0.872. The number of hydrogen-bond donors (Lipinski definition) is 2. The third-order valence-corrected chi connectivity index (χ3v) is 3.98. The minimum Gasteiger partial charge on any atom is -0.480 e. The molecule has 2 N–H and O–H groups in total. The van der Waals surface area contributed by atoms with Crippen molar-refractivity contribution in [2.45, 2.75) is 32.2 Å². The molecular formula is C16H22N2O3. The number of para-hydroxylation sites is 1. The molecule has 1 fully saturated rings. The number of rotatable bonds is 5. The summed E-state index contributed by atoms with van der Waals surface area (Å²) in [6.45, 7) is 3.13. The molecule has 1 aliphatic heterocycles. The second-order valence-electron chi connectivity index (χ2n) is 5.45. The van der Waals surface area contributed by atoms with Crippen LogP contribution in [0.1, 0.15) is 26.2 Å². The zero-order valence-corrected chi connectivity index (χ0v) is 12.3. The van der Waals surface area contributed by atoms with Crippen molar-refractivity contribution in [1.82, 2.24) is 4.90 Å². The molecular weight excluding hydrogens is 268 g/mol. The molecule has 1 heterocycles. The fourth-order valence-corrected chi connectivity index (χ4v) is 2.86. The van der Waals surface area contributed by atoms with E-state index >= 15 is 0 Å². The number of likely N-dealkylation sites (tertiary alicyclic amines) is 1. The fourth-order valence-electron chi connectivity index (χ4n) is 2.86. The van der Waals surface area contributed by atoms with Crippen molar-refractivity contribution < 1.29 is 14.7 Å². The maximum absolute atomic E-state index is 12.3. The van der Waals surface area contributed by atoms with E-state index in [1.54, 1.807) is 0 Å². The van der Waals surface area contributed by atoms with Gasteiger partial charge in [-0.15, -0.1) is 0 Å². The number of hydrogen-bond acceptors (Lipinski definition) is 3. The largest absolute Gasteiger partial charge is 0.480 e. The predicted octanol–water partition coefficient (Wildman–Crippen LogP) is 2.20. The molecule has 0 bridgehead atoms. The number of carbonyl (C=O) groups is 2. The lowest BCUT2D eigenvalue weighted by atomic mass is 9.95. The van der Waals surface area contributed by atoms with Crippen LogP contribution in [0.4, 0.5) is 5.69 Å². The molecule has 0 unspecified atom stereocenters. The summed E-state index contributed by atoms with van der Waals surface area (Å²) < 4.78 is 0. The molecule has 0 radical (unpaired) electrons. The first-order valence-electron chi connectivity index (χ1n) is 7.44. The molecule has 5 nitrogen and oxygen atoms in total. The van der Waals surface area contributed by atoms with Crippen LogP contribution in [0.5, 0.6) is 0 Å². The van der Waals surface area contributed by atoms with E-state index in [4.69, 9.17) is 0 Å². The lowest BCUT2D eigenvalue weighted by molar-refractivity contribution is -0.145. The van der Waals surface area contributed by atoms with Crippen molar-refractivity contribution >= 4 is 17.6 Å². The van der Waals surface area contributed by atoms with Crippen LogP contribution >= 0.6 is 0 Å². The third kappa shape index (κ3) is 4.04. The van der Waals surface area contributed by atoms with E-state index in [1.807, 2.05) is 42.2 Å². The van der Waals surface area contributed by atoms with Crippen LogP contribution in [0, 0.1) is 5.92 Å². The Morgan fingerprint density at radius 3 is 2.71 bits per heavy atom. The monoisotopic (exact) mass is 290 g/mol. The van der Waals surface area contributed by atoms with E-state index < -0.39 is 12.0 Å². The molecule has 2 atom stereocenters. The molecule has 1 aromatic carbocycles. The van der Waals surface area contributed by atoms with Gasteiger partial charge in [-0.2, -0.15) is 0 Å². The van der Waals surface area contributed by atoms with Crippen molar-refractivity contribution in [2.75, 3.05) is 18.4 Å². The van der Waals surface area contributed by atoms with Gasteiger partial charge in [-0.3, -0.25) is 14.5 Å². The van der Waals surface area contributed by atoms with Crippen molar-refractivity contribution in [3.05, 3.63) is 30.3 Å². The van der Waals surface area contributed by atoms with Gasteiger partial charge < -0.3 is 10.4 Å². The Balaban J connectivity index is 1.97. The molecule has 5 heteroatoms. The summed E-state index contributed by atoms with van der Waals surface area (Å²) in [6, 6.07) is 8.87. The number of aliphatic carboxylic acids is 1. The SMILES string of the molecule is CC[C@H](C(=O)O)N1CCC[C@@H](C(=O)Nc2ccccc2)C1. The van der Waals surface area contributed by atoms with Crippen LogP contribution < -0.4 is 5.32 Å². The van der Waals surface area contributed by atoms with Crippen LogP contribution in [0.2, 0.25) is 0 Å². The van der Waals surface area contributed by atoms with Crippen LogP contribution in [-0.4, -0.2) is 41.0 Å². The number of benzene rings is 1. The maximum Gasteiger partial charge on any atom is 0.320 e. The molecule has 0 aromatic heterocycles. The van der Waals surface area contributed by atoms with Crippen molar-refractivity contribution in [3.63, 3.8) is 0 Å². The smallest absolute Gasteiger partial charge is 0.320 e. The number of carboxylic acid groups (broad SMARTS) is 1. The van der Waals surface area contributed by atoms with Gasteiger partial charge in [0.1, 0.15) is 6.04 Å². The Morgan fingerprint density at radius 1 is 1.38 bits per heavy atom. The summed E-state index contributed by atoms with van der Waals surface area (Å²) in [6.07, 6.45) is 2.23. The Labute approximate surface area is 125 Å². The first-order chi connectivity index (χ1) is 10.1. The number of nitrogens with zero attached hydrogens (tertiary/aromatic N) is 1. The predicted molar refractivity (Wildman–Crippen MR) is 81.1 cm³/mol. The Morgan fingerprint density at radius 2 is 2.10 bits per heavy atom. The van der Waals surface area contributed by atoms with Gasteiger partial charge in [0, 0.05) is 12.2 Å². The van der Waals surface area contributed by atoms with E-state index in [0.29, 0.717) is 13.0 Å². The van der Waals surface area contributed by atoms with Crippen LogP contribution in [0.3, 0.4) is 0 Å². The average molecular weight is 290 g/mol. The van der Waals surface area contributed by atoms with Gasteiger partial charge in [0.15, 0.2) is 0 Å². The lowest BCUT2D eigenvalue weighted by Crippen LogP contribution is -2.48. The number of anilines is 1. The second kappa shape index (κ2) is 7.22. The first kappa shape index (κ1) is 15.5. The van der Waals surface area contributed by atoms with Gasteiger partial charge in [0.2, 0.25) is 5.91 Å². The minimum atomic E-state index is -0.804. The molecule has 1 aliphatic rings. The highest BCUT2D eigenvalue weighted by Crippen LogP contribution is 2.21. The number of amides is 1. The Hall–Kier alpha value is -1.88. The number of piperidine rings is 1. The molecule has 21 heavy (non-hydrogen) atoms. The number of nitrogens with one attached hydrogen (secondary N) is 1.